The van der Waals surface area contributed by atoms with E-state index >= 15 is 0 Å². The van der Waals surface area contributed by atoms with Gasteiger partial charge in [0.15, 0.2) is 5.96 Å². The average molecular weight is 428 g/mol. The minimum absolute atomic E-state index is 0. The molecule has 0 aromatic rings. The Balaban J connectivity index is 0. The van der Waals surface area contributed by atoms with Crippen LogP contribution in [0.25, 0.3) is 0 Å². The largest absolute Gasteiger partial charge is 0.377 e. The molecular formula is C16H37IN4O. The molecule has 0 unspecified atom stereocenters. The zero-order chi connectivity index (χ0) is 16.5. The third-order valence-electron chi connectivity index (χ3n) is 3.50. The van der Waals surface area contributed by atoms with E-state index in [1.54, 1.807) is 7.11 Å². The number of rotatable bonds is 9. The van der Waals surface area contributed by atoms with Crippen molar-refractivity contribution in [1.29, 1.82) is 0 Å². The summed E-state index contributed by atoms with van der Waals surface area (Å²) in [5, 5.41) is 6.68. The molecule has 0 atom stereocenters. The van der Waals surface area contributed by atoms with Crippen molar-refractivity contribution in [2.24, 2.45) is 4.99 Å². The standard InChI is InChI=1S/C16H36N4O.HI/c1-9-17-15(19-12-16(6,7)21-8)18-10-11-20(13(2)3)14(4)5;/h13-14H,9-12H2,1-8H3,(H2,17,18,19);1H. The van der Waals surface area contributed by atoms with Crippen LogP contribution in [0, 0.1) is 0 Å². The summed E-state index contributed by atoms with van der Waals surface area (Å²) >= 11 is 0. The molecule has 0 saturated heterocycles. The summed E-state index contributed by atoms with van der Waals surface area (Å²) in [4.78, 5) is 7.06. The molecule has 0 fully saturated rings. The Morgan fingerprint density at radius 3 is 2.09 bits per heavy atom. The van der Waals surface area contributed by atoms with Crippen molar-refractivity contribution in [3.8, 4) is 0 Å². The molecule has 5 nitrogen and oxygen atoms in total. The summed E-state index contributed by atoms with van der Waals surface area (Å²) in [6.07, 6.45) is 0. The van der Waals surface area contributed by atoms with E-state index in [0.29, 0.717) is 18.6 Å². The molecule has 0 spiro atoms. The molecule has 0 bridgehead atoms. The molecule has 0 rings (SSSR count). The van der Waals surface area contributed by atoms with Crippen LogP contribution in [-0.4, -0.2) is 61.8 Å². The molecule has 0 aromatic carbocycles. The van der Waals surface area contributed by atoms with Crippen LogP contribution in [0.4, 0.5) is 0 Å². The van der Waals surface area contributed by atoms with Crippen LogP contribution in [0.3, 0.4) is 0 Å². The van der Waals surface area contributed by atoms with E-state index in [0.717, 1.165) is 25.6 Å². The maximum atomic E-state index is 5.40. The lowest BCUT2D eigenvalue weighted by atomic mass is 10.1. The lowest BCUT2D eigenvalue weighted by molar-refractivity contribution is 0.0310. The van der Waals surface area contributed by atoms with Gasteiger partial charge in [0.05, 0.1) is 12.1 Å². The van der Waals surface area contributed by atoms with Crippen LogP contribution < -0.4 is 10.6 Å². The molecule has 0 saturated carbocycles. The van der Waals surface area contributed by atoms with Crippen molar-refractivity contribution in [1.82, 2.24) is 15.5 Å². The zero-order valence-electron chi connectivity index (χ0n) is 15.7. The Morgan fingerprint density at radius 1 is 1.14 bits per heavy atom. The van der Waals surface area contributed by atoms with E-state index in [1.165, 1.54) is 0 Å². The molecule has 134 valence electrons. The number of methoxy groups -OCH3 is 1. The van der Waals surface area contributed by atoms with Crippen molar-refractivity contribution in [2.45, 2.75) is 66.2 Å². The minimum Gasteiger partial charge on any atom is -0.377 e. The number of ether oxygens (including phenoxy) is 1. The van der Waals surface area contributed by atoms with Gasteiger partial charge in [-0.25, -0.2) is 0 Å². The fourth-order valence-electron chi connectivity index (χ4n) is 2.09. The third kappa shape index (κ3) is 10.6. The lowest BCUT2D eigenvalue weighted by Gasteiger charge is -2.30. The van der Waals surface area contributed by atoms with Gasteiger partial charge in [-0.1, -0.05) is 0 Å². The Bertz CT molecular complexity index is 299. The van der Waals surface area contributed by atoms with Gasteiger partial charge in [-0.05, 0) is 48.5 Å². The number of nitrogens with zero attached hydrogens (tertiary/aromatic N) is 2. The van der Waals surface area contributed by atoms with Gasteiger partial charge in [0.25, 0.3) is 0 Å². The maximum absolute atomic E-state index is 5.40. The van der Waals surface area contributed by atoms with Crippen molar-refractivity contribution in [2.75, 3.05) is 33.3 Å². The highest BCUT2D eigenvalue weighted by molar-refractivity contribution is 14.0. The average Bonchev–Trinajstić information content (AvgIpc) is 2.39. The second-order valence-electron chi connectivity index (χ2n) is 6.51. The molecule has 0 amide bonds. The third-order valence-corrected chi connectivity index (χ3v) is 3.50. The second kappa shape index (κ2) is 12.4. The first kappa shape index (κ1) is 24.2. The van der Waals surface area contributed by atoms with Gasteiger partial charge >= 0.3 is 0 Å². The van der Waals surface area contributed by atoms with Crippen molar-refractivity contribution in [3.63, 3.8) is 0 Å². The Kier molecular flexibility index (Phi) is 13.6. The van der Waals surface area contributed by atoms with Gasteiger partial charge in [-0.15, -0.1) is 24.0 Å². The Hall–Kier alpha value is -0.0800. The summed E-state index contributed by atoms with van der Waals surface area (Å²) in [5.41, 5.74) is -0.232. The van der Waals surface area contributed by atoms with E-state index in [4.69, 9.17) is 4.74 Å². The van der Waals surface area contributed by atoms with Crippen LogP contribution in [0.1, 0.15) is 48.5 Å². The predicted octanol–water partition coefficient (Wildman–Crippen LogP) is 2.70. The van der Waals surface area contributed by atoms with Crippen molar-refractivity contribution < 1.29 is 4.74 Å². The Morgan fingerprint density at radius 2 is 1.68 bits per heavy atom. The van der Waals surface area contributed by atoms with Gasteiger partial charge in [0.2, 0.25) is 0 Å². The summed E-state index contributed by atoms with van der Waals surface area (Å²) < 4.78 is 5.40. The monoisotopic (exact) mass is 428 g/mol. The van der Waals surface area contributed by atoms with Gasteiger partial charge in [0.1, 0.15) is 0 Å². The summed E-state index contributed by atoms with van der Waals surface area (Å²) in [5.74, 6) is 0.857. The van der Waals surface area contributed by atoms with E-state index < -0.39 is 0 Å². The predicted molar refractivity (Wildman–Crippen MR) is 107 cm³/mol. The van der Waals surface area contributed by atoms with Crippen LogP contribution in [0.2, 0.25) is 0 Å². The molecule has 22 heavy (non-hydrogen) atoms. The van der Waals surface area contributed by atoms with Crippen LogP contribution in [-0.2, 0) is 4.74 Å². The highest BCUT2D eigenvalue weighted by Gasteiger charge is 2.16. The normalized spacial score (nSPS) is 12.8. The molecule has 0 aliphatic carbocycles. The number of halogens is 1. The number of nitrogens with one attached hydrogen (secondary N) is 2. The summed E-state index contributed by atoms with van der Waals surface area (Å²) in [6, 6.07) is 1.11. The molecule has 6 heteroatoms. The summed E-state index contributed by atoms with van der Waals surface area (Å²) in [7, 11) is 1.72. The number of hydrogen-bond acceptors (Lipinski definition) is 3. The van der Waals surface area contributed by atoms with E-state index in [1.807, 2.05) is 13.8 Å². The molecule has 0 heterocycles. The van der Waals surface area contributed by atoms with Crippen molar-refractivity contribution in [3.05, 3.63) is 0 Å². The topological polar surface area (TPSA) is 48.9 Å². The van der Waals surface area contributed by atoms with Crippen molar-refractivity contribution >= 4 is 29.9 Å². The summed E-state index contributed by atoms with van der Waals surface area (Å²) in [6.45, 7) is 18.5. The van der Waals surface area contributed by atoms with E-state index in [-0.39, 0.29) is 29.6 Å². The SMILES string of the molecule is CCNC(=NCC(C)(C)OC)NCCN(C(C)C)C(C)C.I. The highest BCUT2D eigenvalue weighted by atomic mass is 127. The van der Waals surface area contributed by atoms with E-state index in [9.17, 15) is 0 Å². The molecule has 0 aromatic heterocycles. The fourth-order valence-corrected chi connectivity index (χ4v) is 2.09. The second-order valence-corrected chi connectivity index (χ2v) is 6.51. The first-order chi connectivity index (χ1) is 9.73. The van der Waals surface area contributed by atoms with Gasteiger partial charge in [0, 0.05) is 38.8 Å². The molecule has 2 N–H and O–H groups in total. The van der Waals surface area contributed by atoms with Gasteiger partial charge in [-0.2, -0.15) is 0 Å². The smallest absolute Gasteiger partial charge is 0.191 e. The first-order valence-corrected chi connectivity index (χ1v) is 8.06. The number of hydrogen-bond donors (Lipinski definition) is 2. The van der Waals surface area contributed by atoms with Crippen LogP contribution in [0.5, 0.6) is 0 Å². The number of guanidine groups is 1. The first-order valence-electron chi connectivity index (χ1n) is 8.06. The van der Waals surface area contributed by atoms with Crippen LogP contribution >= 0.6 is 24.0 Å². The van der Waals surface area contributed by atoms with E-state index in [2.05, 4.69) is 55.1 Å². The molecule has 0 radical (unpaired) electrons. The van der Waals surface area contributed by atoms with Crippen LogP contribution in [0.15, 0.2) is 4.99 Å². The highest BCUT2D eigenvalue weighted by Crippen LogP contribution is 2.07. The maximum Gasteiger partial charge on any atom is 0.191 e. The molecular weight excluding hydrogens is 391 g/mol. The zero-order valence-corrected chi connectivity index (χ0v) is 18.0. The number of aliphatic imine (C=N–C) groups is 1. The Labute approximate surface area is 154 Å². The fraction of sp³-hybridized carbons (Fsp3) is 0.938. The molecule has 0 aliphatic rings. The lowest BCUT2D eigenvalue weighted by Crippen LogP contribution is -2.45. The minimum atomic E-state index is -0.232. The van der Waals surface area contributed by atoms with Gasteiger partial charge < -0.3 is 15.4 Å². The molecule has 0 aliphatic heterocycles. The quantitative estimate of drug-likeness (QED) is 0.337. The van der Waals surface area contributed by atoms with Gasteiger partial charge in [-0.3, -0.25) is 9.89 Å².